The van der Waals surface area contributed by atoms with Crippen LogP contribution in [0.25, 0.3) is 0 Å². The van der Waals surface area contributed by atoms with Crippen LogP contribution >= 0.6 is 11.8 Å². The molecule has 0 heterocycles. The van der Waals surface area contributed by atoms with Gasteiger partial charge in [0.1, 0.15) is 5.82 Å². The molecular weight excluding hydrogens is 267 g/mol. The van der Waals surface area contributed by atoms with Gasteiger partial charge < -0.3 is 4.74 Å². The lowest BCUT2D eigenvalue weighted by atomic mass is 10.2. The minimum absolute atomic E-state index is 0.225. The Kier molecular flexibility index (Phi) is 7.18. The van der Waals surface area contributed by atoms with E-state index in [2.05, 4.69) is 4.74 Å². The molecule has 0 spiro atoms. The Labute approximate surface area is 116 Å². The van der Waals surface area contributed by atoms with E-state index < -0.39 is 11.8 Å². The predicted molar refractivity (Wildman–Crippen MR) is 72.6 cm³/mol. The number of halogens is 1. The number of benzene rings is 1. The summed E-state index contributed by atoms with van der Waals surface area (Å²) in [5, 5.41) is 0. The van der Waals surface area contributed by atoms with Crippen molar-refractivity contribution in [3.63, 3.8) is 0 Å². The number of ether oxygens (including phenoxy) is 1. The first-order valence-corrected chi connectivity index (χ1v) is 7.20. The topological polar surface area (TPSA) is 43.4 Å². The third-order valence-corrected chi connectivity index (χ3v) is 3.48. The highest BCUT2D eigenvalue weighted by atomic mass is 32.2. The van der Waals surface area contributed by atoms with Gasteiger partial charge in [0.2, 0.25) is 5.78 Å². The lowest BCUT2D eigenvalue weighted by Crippen LogP contribution is -2.16. The van der Waals surface area contributed by atoms with E-state index in [9.17, 15) is 14.0 Å². The van der Waals surface area contributed by atoms with Crippen LogP contribution in [0.15, 0.2) is 29.2 Å². The van der Waals surface area contributed by atoms with Crippen LogP contribution < -0.4 is 0 Å². The van der Waals surface area contributed by atoms with Crippen LogP contribution in [-0.2, 0) is 14.3 Å². The van der Waals surface area contributed by atoms with Gasteiger partial charge in [-0.2, -0.15) is 0 Å². The molecule has 1 rings (SSSR count). The van der Waals surface area contributed by atoms with Gasteiger partial charge in [-0.3, -0.25) is 4.79 Å². The zero-order chi connectivity index (χ0) is 14.1. The van der Waals surface area contributed by atoms with Gasteiger partial charge in [-0.05, 0) is 49.8 Å². The number of thioether (sulfide) groups is 1. The second-order valence-electron chi connectivity index (χ2n) is 3.90. The molecule has 5 heteroatoms. The molecule has 0 aromatic heterocycles. The molecule has 3 nitrogen and oxygen atoms in total. The summed E-state index contributed by atoms with van der Waals surface area (Å²) in [4.78, 5) is 23.3. The Morgan fingerprint density at radius 1 is 1.21 bits per heavy atom. The number of rotatable bonds is 8. The Morgan fingerprint density at radius 3 is 2.53 bits per heavy atom. The standard InChI is InChI=1S/C14H17FO3S/c1-2-18-14(17)13(16)5-3-4-10-19-12-8-6-11(15)7-9-12/h6-9H,2-5,10H2,1H3. The molecule has 0 N–H and O–H groups in total. The van der Waals surface area contributed by atoms with Crippen molar-refractivity contribution in [2.75, 3.05) is 12.4 Å². The summed E-state index contributed by atoms with van der Waals surface area (Å²) in [5.41, 5.74) is 0. The van der Waals surface area contributed by atoms with Crippen LogP contribution in [0.2, 0.25) is 0 Å². The van der Waals surface area contributed by atoms with Gasteiger partial charge in [0.25, 0.3) is 0 Å². The van der Waals surface area contributed by atoms with Crippen molar-refractivity contribution >= 4 is 23.5 Å². The minimum Gasteiger partial charge on any atom is -0.460 e. The third kappa shape index (κ3) is 6.38. The summed E-state index contributed by atoms with van der Waals surface area (Å²) in [5.74, 6) is -0.617. The predicted octanol–water partition coefficient (Wildman–Crippen LogP) is 3.22. The molecule has 0 aliphatic carbocycles. The van der Waals surface area contributed by atoms with Crippen molar-refractivity contribution in [2.45, 2.75) is 31.1 Å². The quantitative estimate of drug-likeness (QED) is 0.318. The van der Waals surface area contributed by atoms with Gasteiger partial charge >= 0.3 is 5.97 Å². The van der Waals surface area contributed by atoms with Crippen molar-refractivity contribution < 1.29 is 18.7 Å². The summed E-state index contributed by atoms with van der Waals surface area (Å²) >= 11 is 1.61. The largest absolute Gasteiger partial charge is 0.460 e. The Balaban J connectivity index is 2.13. The van der Waals surface area contributed by atoms with E-state index in [0.29, 0.717) is 6.42 Å². The minimum atomic E-state index is -0.742. The molecule has 0 saturated heterocycles. The molecule has 0 fully saturated rings. The average molecular weight is 284 g/mol. The van der Waals surface area contributed by atoms with Crippen LogP contribution in [0.5, 0.6) is 0 Å². The van der Waals surface area contributed by atoms with E-state index in [1.807, 2.05) is 0 Å². The number of carbonyl (C=O) groups is 2. The van der Waals surface area contributed by atoms with E-state index >= 15 is 0 Å². The lowest BCUT2D eigenvalue weighted by molar-refractivity contribution is -0.153. The maximum absolute atomic E-state index is 12.7. The van der Waals surface area contributed by atoms with E-state index in [-0.39, 0.29) is 18.8 Å². The maximum atomic E-state index is 12.7. The van der Waals surface area contributed by atoms with Gasteiger partial charge in [0.15, 0.2) is 0 Å². The third-order valence-electron chi connectivity index (χ3n) is 2.38. The first kappa shape index (κ1) is 15.7. The molecule has 0 unspecified atom stereocenters. The molecule has 0 radical (unpaired) electrons. The van der Waals surface area contributed by atoms with Crippen LogP contribution in [0.1, 0.15) is 26.2 Å². The summed E-state index contributed by atoms with van der Waals surface area (Å²) in [6.45, 7) is 1.90. The highest BCUT2D eigenvalue weighted by molar-refractivity contribution is 7.99. The fourth-order valence-electron chi connectivity index (χ4n) is 1.42. The van der Waals surface area contributed by atoms with Crippen molar-refractivity contribution in [3.05, 3.63) is 30.1 Å². The van der Waals surface area contributed by atoms with Crippen LogP contribution in [-0.4, -0.2) is 24.1 Å². The first-order valence-electron chi connectivity index (χ1n) is 6.21. The van der Waals surface area contributed by atoms with Gasteiger partial charge in [0.05, 0.1) is 6.61 Å². The monoisotopic (exact) mass is 284 g/mol. The molecule has 0 bridgehead atoms. The van der Waals surface area contributed by atoms with E-state index in [1.54, 1.807) is 30.8 Å². The Bertz CT molecular complexity index is 417. The van der Waals surface area contributed by atoms with Crippen LogP contribution in [0.4, 0.5) is 4.39 Å². The van der Waals surface area contributed by atoms with Gasteiger partial charge in [0, 0.05) is 11.3 Å². The van der Waals surface area contributed by atoms with Crippen LogP contribution in [0, 0.1) is 5.82 Å². The summed E-state index contributed by atoms with van der Waals surface area (Å²) in [6.07, 6.45) is 1.71. The molecule has 0 aliphatic rings. The molecule has 19 heavy (non-hydrogen) atoms. The highest BCUT2D eigenvalue weighted by Gasteiger charge is 2.13. The fourth-order valence-corrected chi connectivity index (χ4v) is 2.33. The molecule has 0 saturated carbocycles. The molecule has 1 aromatic carbocycles. The zero-order valence-corrected chi connectivity index (χ0v) is 11.7. The Hall–Kier alpha value is -1.36. The second-order valence-corrected chi connectivity index (χ2v) is 5.07. The zero-order valence-electron chi connectivity index (χ0n) is 10.9. The summed E-state index contributed by atoms with van der Waals surface area (Å²) < 4.78 is 17.3. The fraction of sp³-hybridized carbons (Fsp3) is 0.429. The SMILES string of the molecule is CCOC(=O)C(=O)CCCCSc1ccc(F)cc1. The van der Waals surface area contributed by atoms with Crippen molar-refractivity contribution in [2.24, 2.45) is 0 Å². The number of carbonyl (C=O) groups excluding carboxylic acids is 2. The smallest absolute Gasteiger partial charge is 0.374 e. The van der Waals surface area contributed by atoms with Gasteiger partial charge in [-0.15, -0.1) is 11.8 Å². The summed E-state index contributed by atoms with van der Waals surface area (Å²) in [6, 6.07) is 6.30. The van der Waals surface area contributed by atoms with Crippen molar-refractivity contribution in [1.82, 2.24) is 0 Å². The second kappa shape index (κ2) is 8.69. The first-order chi connectivity index (χ1) is 9.13. The van der Waals surface area contributed by atoms with E-state index in [1.165, 1.54) is 12.1 Å². The number of esters is 1. The maximum Gasteiger partial charge on any atom is 0.374 e. The van der Waals surface area contributed by atoms with E-state index in [4.69, 9.17) is 0 Å². The highest BCUT2D eigenvalue weighted by Crippen LogP contribution is 2.19. The Morgan fingerprint density at radius 2 is 1.89 bits per heavy atom. The lowest BCUT2D eigenvalue weighted by Gasteiger charge is -2.02. The molecule has 0 atom stereocenters. The number of ketones is 1. The molecule has 0 amide bonds. The molecular formula is C14H17FO3S. The van der Waals surface area contributed by atoms with E-state index in [0.717, 1.165) is 17.1 Å². The number of hydrogen-bond donors (Lipinski definition) is 0. The van der Waals surface area contributed by atoms with Crippen LogP contribution in [0.3, 0.4) is 0 Å². The average Bonchev–Trinajstić information content (AvgIpc) is 2.40. The van der Waals surface area contributed by atoms with Gasteiger partial charge in [-0.25, -0.2) is 9.18 Å². The number of hydrogen-bond acceptors (Lipinski definition) is 4. The number of Topliss-reactive ketones (excluding diaryl/α,β-unsaturated/α-hetero) is 1. The molecule has 104 valence electrons. The van der Waals surface area contributed by atoms with Gasteiger partial charge in [-0.1, -0.05) is 0 Å². The number of unbranched alkanes of at least 4 members (excludes halogenated alkanes) is 1. The normalized spacial score (nSPS) is 10.2. The van der Waals surface area contributed by atoms with Crippen molar-refractivity contribution in [3.8, 4) is 0 Å². The summed E-state index contributed by atoms with van der Waals surface area (Å²) in [7, 11) is 0. The molecule has 1 aromatic rings. The molecule has 0 aliphatic heterocycles. The van der Waals surface area contributed by atoms with Crippen molar-refractivity contribution in [1.29, 1.82) is 0 Å².